The molecule has 1 amide bonds. The quantitative estimate of drug-likeness (QED) is 0.891. The molecule has 0 heterocycles. The number of hydrogen-bond donors (Lipinski definition) is 1. The molecule has 1 atom stereocenters. The first kappa shape index (κ1) is 14.0. The van der Waals surface area contributed by atoms with Gasteiger partial charge in [0.15, 0.2) is 11.6 Å². The number of halogens is 2. The van der Waals surface area contributed by atoms with E-state index in [1.54, 1.807) is 6.07 Å². The lowest BCUT2D eigenvalue weighted by Crippen LogP contribution is -2.23. The average molecular weight is 267 g/mol. The summed E-state index contributed by atoms with van der Waals surface area (Å²) < 4.78 is 26.4. The summed E-state index contributed by atoms with van der Waals surface area (Å²) in [4.78, 5) is 11.2. The van der Waals surface area contributed by atoms with E-state index in [4.69, 9.17) is 5.73 Å². The molecule has 19 heavy (non-hydrogen) atoms. The summed E-state index contributed by atoms with van der Waals surface area (Å²) in [5, 5.41) is 0. The summed E-state index contributed by atoms with van der Waals surface area (Å²) in [7, 11) is 0. The second kappa shape index (κ2) is 6.13. The van der Waals surface area contributed by atoms with Crippen LogP contribution in [0.1, 0.15) is 50.0 Å². The Balaban J connectivity index is 2.24. The normalized spacial score (nSPS) is 18.2. The van der Waals surface area contributed by atoms with Crippen molar-refractivity contribution in [1.29, 1.82) is 0 Å². The van der Waals surface area contributed by atoms with Crippen molar-refractivity contribution in [2.24, 2.45) is 11.7 Å². The fraction of sp³-hybridized carbons (Fsp3) is 0.533. The number of primary amides is 1. The smallest absolute Gasteiger partial charge is 0.218 e. The lowest BCUT2D eigenvalue weighted by Gasteiger charge is -2.30. The molecular weight excluding hydrogens is 248 g/mol. The van der Waals surface area contributed by atoms with Gasteiger partial charge in [-0.3, -0.25) is 4.79 Å². The van der Waals surface area contributed by atoms with Crippen LogP contribution in [-0.4, -0.2) is 5.91 Å². The third kappa shape index (κ3) is 3.52. The van der Waals surface area contributed by atoms with E-state index in [1.165, 1.54) is 12.5 Å². The molecule has 0 aromatic heterocycles. The molecule has 2 N–H and O–H groups in total. The molecule has 1 fully saturated rings. The Morgan fingerprint density at radius 2 is 1.89 bits per heavy atom. The monoisotopic (exact) mass is 267 g/mol. The molecule has 4 heteroatoms. The topological polar surface area (TPSA) is 43.1 Å². The lowest BCUT2D eigenvalue weighted by atomic mass is 9.75. The zero-order valence-corrected chi connectivity index (χ0v) is 10.9. The molecule has 1 aliphatic carbocycles. The largest absolute Gasteiger partial charge is 0.370 e. The van der Waals surface area contributed by atoms with Crippen LogP contribution in [0.5, 0.6) is 0 Å². The SMILES string of the molecule is NC(=O)CC(c1ccc(F)c(F)c1)C1CCCCC1. The second-order valence-corrected chi connectivity index (χ2v) is 5.35. The van der Waals surface area contributed by atoms with Crippen LogP contribution in [0.3, 0.4) is 0 Å². The lowest BCUT2D eigenvalue weighted by molar-refractivity contribution is -0.118. The van der Waals surface area contributed by atoms with E-state index in [2.05, 4.69) is 0 Å². The molecule has 2 rings (SSSR count). The summed E-state index contributed by atoms with van der Waals surface area (Å²) in [6.07, 6.45) is 5.72. The second-order valence-electron chi connectivity index (χ2n) is 5.35. The van der Waals surface area contributed by atoms with Crippen molar-refractivity contribution in [2.45, 2.75) is 44.4 Å². The number of hydrogen-bond acceptors (Lipinski definition) is 1. The summed E-state index contributed by atoms with van der Waals surface area (Å²) in [5.41, 5.74) is 5.98. The minimum atomic E-state index is -0.859. The van der Waals surface area contributed by atoms with Gasteiger partial charge in [0.05, 0.1) is 0 Å². The van der Waals surface area contributed by atoms with Gasteiger partial charge in [0.2, 0.25) is 5.91 Å². The van der Waals surface area contributed by atoms with Crippen molar-refractivity contribution in [3.05, 3.63) is 35.4 Å². The highest BCUT2D eigenvalue weighted by Gasteiger charge is 2.27. The van der Waals surface area contributed by atoms with Crippen LogP contribution in [0.4, 0.5) is 8.78 Å². The van der Waals surface area contributed by atoms with Gasteiger partial charge < -0.3 is 5.73 Å². The third-order valence-corrected chi connectivity index (χ3v) is 4.01. The van der Waals surface area contributed by atoms with Crippen LogP contribution in [0, 0.1) is 17.6 Å². The first-order valence-corrected chi connectivity index (χ1v) is 6.81. The van der Waals surface area contributed by atoms with Crippen molar-refractivity contribution in [2.75, 3.05) is 0 Å². The number of rotatable bonds is 4. The van der Waals surface area contributed by atoms with Gasteiger partial charge in [-0.25, -0.2) is 8.78 Å². The predicted molar refractivity (Wildman–Crippen MR) is 69.5 cm³/mol. The first-order chi connectivity index (χ1) is 9.08. The Morgan fingerprint density at radius 3 is 2.47 bits per heavy atom. The third-order valence-electron chi connectivity index (χ3n) is 4.01. The fourth-order valence-corrected chi connectivity index (χ4v) is 3.05. The van der Waals surface area contributed by atoms with Crippen molar-refractivity contribution in [3.63, 3.8) is 0 Å². The molecule has 0 radical (unpaired) electrons. The van der Waals surface area contributed by atoms with Crippen LogP contribution in [-0.2, 0) is 4.79 Å². The van der Waals surface area contributed by atoms with E-state index < -0.39 is 11.6 Å². The van der Waals surface area contributed by atoms with E-state index in [1.807, 2.05) is 0 Å². The Hall–Kier alpha value is -1.45. The van der Waals surface area contributed by atoms with Crippen LogP contribution < -0.4 is 5.73 Å². The Labute approximate surface area is 112 Å². The average Bonchev–Trinajstić information content (AvgIpc) is 2.40. The molecule has 1 unspecified atom stereocenters. The highest BCUT2D eigenvalue weighted by Crippen LogP contribution is 2.38. The number of nitrogens with two attached hydrogens (primary N) is 1. The van der Waals surface area contributed by atoms with Crippen LogP contribution in [0.2, 0.25) is 0 Å². The van der Waals surface area contributed by atoms with Crippen LogP contribution >= 0.6 is 0 Å². The predicted octanol–water partition coefficient (Wildman–Crippen LogP) is 3.50. The maximum absolute atomic E-state index is 13.4. The number of carbonyl (C=O) groups is 1. The molecule has 1 saturated carbocycles. The fourth-order valence-electron chi connectivity index (χ4n) is 3.05. The van der Waals surface area contributed by atoms with Gasteiger partial charge >= 0.3 is 0 Å². The number of carbonyl (C=O) groups excluding carboxylic acids is 1. The van der Waals surface area contributed by atoms with E-state index in [-0.39, 0.29) is 18.2 Å². The Bertz CT molecular complexity index is 455. The molecule has 2 nitrogen and oxygen atoms in total. The van der Waals surface area contributed by atoms with E-state index in [0.29, 0.717) is 11.5 Å². The van der Waals surface area contributed by atoms with Gasteiger partial charge in [-0.2, -0.15) is 0 Å². The van der Waals surface area contributed by atoms with Crippen LogP contribution in [0.25, 0.3) is 0 Å². The molecule has 1 aromatic carbocycles. The summed E-state index contributed by atoms with van der Waals surface area (Å²) >= 11 is 0. The molecule has 0 saturated heterocycles. The maximum atomic E-state index is 13.4. The molecule has 0 aliphatic heterocycles. The Morgan fingerprint density at radius 1 is 1.21 bits per heavy atom. The zero-order valence-electron chi connectivity index (χ0n) is 10.9. The van der Waals surface area contributed by atoms with Crippen molar-refractivity contribution >= 4 is 5.91 Å². The first-order valence-electron chi connectivity index (χ1n) is 6.81. The molecule has 0 bridgehead atoms. The molecule has 0 spiro atoms. The number of amides is 1. The van der Waals surface area contributed by atoms with E-state index in [9.17, 15) is 13.6 Å². The molecule has 1 aliphatic rings. The molecular formula is C15H19F2NO. The van der Waals surface area contributed by atoms with Gasteiger partial charge in [-0.15, -0.1) is 0 Å². The van der Waals surface area contributed by atoms with Crippen LogP contribution in [0.15, 0.2) is 18.2 Å². The molecule has 104 valence electrons. The maximum Gasteiger partial charge on any atom is 0.218 e. The van der Waals surface area contributed by atoms with Crippen molar-refractivity contribution in [1.82, 2.24) is 0 Å². The summed E-state index contributed by atoms with van der Waals surface area (Å²) in [6, 6.07) is 3.90. The molecule has 1 aromatic rings. The summed E-state index contributed by atoms with van der Waals surface area (Å²) in [6.45, 7) is 0. The Kier molecular flexibility index (Phi) is 4.51. The van der Waals surface area contributed by atoms with Gasteiger partial charge in [0, 0.05) is 6.42 Å². The highest BCUT2D eigenvalue weighted by atomic mass is 19.2. The highest BCUT2D eigenvalue weighted by molar-refractivity contribution is 5.74. The minimum absolute atomic E-state index is 0.0899. The van der Waals surface area contributed by atoms with Gasteiger partial charge in [0.25, 0.3) is 0 Å². The van der Waals surface area contributed by atoms with Gasteiger partial charge in [-0.1, -0.05) is 25.3 Å². The minimum Gasteiger partial charge on any atom is -0.370 e. The standard InChI is InChI=1S/C15H19F2NO/c16-13-7-6-11(8-14(13)17)12(9-15(18)19)10-4-2-1-3-5-10/h6-8,10,12H,1-5,9H2,(H2,18,19). The van der Waals surface area contributed by atoms with Crippen molar-refractivity contribution < 1.29 is 13.6 Å². The number of benzene rings is 1. The van der Waals surface area contributed by atoms with Gasteiger partial charge in [-0.05, 0) is 42.4 Å². The van der Waals surface area contributed by atoms with E-state index >= 15 is 0 Å². The van der Waals surface area contributed by atoms with Gasteiger partial charge in [0.1, 0.15) is 0 Å². The summed E-state index contributed by atoms with van der Waals surface area (Å²) in [5.74, 6) is -1.85. The zero-order chi connectivity index (χ0) is 13.8. The van der Waals surface area contributed by atoms with E-state index in [0.717, 1.165) is 31.7 Å². The van der Waals surface area contributed by atoms with Crippen molar-refractivity contribution in [3.8, 4) is 0 Å².